The molecule has 10 nitrogen and oxygen atoms in total. The zero-order chi connectivity index (χ0) is 29.3. The van der Waals surface area contributed by atoms with E-state index < -0.39 is 33.4 Å². The first kappa shape index (κ1) is 30.3. The molecule has 0 bridgehead atoms. The molecule has 0 fully saturated rings. The monoisotopic (exact) mass is 566 g/mol. The van der Waals surface area contributed by atoms with Crippen LogP contribution in [0.1, 0.15) is 32.8 Å². The average molecular weight is 567 g/mol. The molecule has 0 saturated heterocycles. The van der Waals surface area contributed by atoms with Crippen LogP contribution in [-0.2, 0) is 26.0 Å². The van der Waals surface area contributed by atoms with Crippen LogP contribution in [0.25, 0.3) is 0 Å². The molecule has 3 aromatic carbocycles. The maximum atomic E-state index is 13.8. The SMILES string of the molecule is CC[C@H](C)NC(=O)[C@@H](C)N(CCc1ccccc1)C(=O)CN(c1ccc([N+](=O)[O-])cc1)S(=O)(=O)c1ccccc1. The molecule has 0 aliphatic heterocycles. The summed E-state index contributed by atoms with van der Waals surface area (Å²) in [4.78, 5) is 38.8. The zero-order valence-electron chi connectivity index (χ0n) is 22.8. The predicted octanol–water partition coefficient (Wildman–Crippen LogP) is 4.16. The number of hydrogen-bond acceptors (Lipinski definition) is 6. The van der Waals surface area contributed by atoms with Gasteiger partial charge in [-0.1, -0.05) is 55.5 Å². The number of nitrogens with zero attached hydrogens (tertiary/aromatic N) is 3. The van der Waals surface area contributed by atoms with Gasteiger partial charge in [0.25, 0.3) is 15.7 Å². The number of carbonyl (C=O) groups excluding carboxylic acids is 2. The zero-order valence-corrected chi connectivity index (χ0v) is 23.6. The quantitative estimate of drug-likeness (QED) is 0.244. The summed E-state index contributed by atoms with van der Waals surface area (Å²) >= 11 is 0. The first-order valence-electron chi connectivity index (χ1n) is 13.0. The Morgan fingerprint density at radius 1 is 0.925 bits per heavy atom. The van der Waals surface area contributed by atoms with Gasteiger partial charge in [-0.15, -0.1) is 0 Å². The van der Waals surface area contributed by atoms with Gasteiger partial charge in [0.15, 0.2) is 0 Å². The molecule has 2 amide bonds. The van der Waals surface area contributed by atoms with Crippen molar-refractivity contribution in [1.82, 2.24) is 10.2 Å². The van der Waals surface area contributed by atoms with Crippen LogP contribution in [0.3, 0.4) is 0 Å². The summed E-state index contributed by atoms with van der Waals surface area (Å²) in [5.74, 6) is -0.927. The minimum Gasteiger partial charge on any atom is -0.352 e. The Kier molecular flexibility index (Phi) is 10.4. The van der Waals surface area contributed by atoms with Crippen molar-refractivity contribution in [3.63, 3.8) is 0 Å². The molecule has 0 saturated carbocycles. The Hall–Kier alpha value is -4.25. The minimum atomic E-state index is -4.24. The number of benzene rings is 3. The lowest BCUT2D eigenvalue weighted by Gasteiger charge is -2.32. The van der Waals surface area contributed by atoms with Crippen molar-refractivity contribution < 1.29 is 22.9 Å². The Labute approximate surface area is 234 Å². The molecule has 0 aliphatic rings. The number of anilines is 1. The highest BCUT2D eigenvalue weighted by Gasteiger charge is 2.32. The Morgan fingerprint density at radius 3 is 2.05 bits per heavy atom. The van der Waals surface area contributed by atoms with E-state index in [-0.39, 0.29) is 34.8 Å². The van der Waals surface area contributed by atoms with E-state index in [2.05, 4.69) is 5.32 Å². The Bertz CT molecular complexity index is 1400. The lowest BCUT2D eigenvalue weighted by atomic mass is 10.1. The number of amides is 2. The number of hydrogen-bond donors (Lipinski definition) is 1. The van der Waals surface area contributed by atoms with Crippen LogP contribution in [0.5, 0.6) is 0 Å². The Balaban J connectivity index is 1.98. The van der Waals surface area contributed by atoms with Gasteiger partial charge in [0, 0.05) is 24.7 Å². The van der Waals surface area contributed by atoms with E-state index in [1.807, 2.05) is 44.2 Å². The van der Waals surface area contributed by atoms with E-state index in [0.717, 1.165) is 9.87 Å². The molecule has 3 rings (SSSR count). The summed E-state index contributed by atoms with van der Waals surface area (Å²) in [6, 6.07) is 21.1. The predicted molar refractivity (Wildman–Crippen MR) is 153 cm³/mol. The number of nitro benzene ring substituents is 1. The van der Waals surface area contributed by atoms with Crippen molar-refractivity contribution in [1.29, 1.82) is 0 Å². The van der Waals surface area contributed by atoms with Crippen LogP contribution in [0.2, 0.25) is 0 Å². The van der Waals surface area contributed by atoms with E-state index in [9.17, 15) is 28.1 Å². The van der Waals surface area contributed by atoms with E-state index >= 15 is 0 Å². The fourth-order valence-electron chi connectivity index (χ4n) is 4.02. The third-order valence-electron chi connectivity index (χ3n) is 6.61. The van der Waals surface area contributed by atoms with Crippen LogP contribution in [0, 0.1) is 10.1 Å². The van der Waals surface area contributed by atoms with Gasteiger partial charge in [0.05, 0.1) is 15.5 Å². The van der Waals surface area contributed by atoms with Crippen LogP contribution in [-0.4, -0.2) is 55.2 Å². The van der Waals surface area contributed by atoms with Crippen LogP contribution in [0.4, 0.5) is 11.4 Å². The molecule has 212 valence electrons. The fourth-order valence-corrected chi connectivity index (χ4v) is 5.46. The number of nitrogens with one attached hydrogen (secondary N) is 1. The number of carbonyl (C=O) groups is 2. The van der Waals surface area contributed by atoms with Gasteiger partial charge in [0.1, 0.15) is 12.6 Å². The number of sulfonamides is 1. The van der Waals surface area contributed by atoms with E-state index in [0.29, 0.717) is 12.8 Å². The van der Waals surface area contributed by atoms with Crippen LogP contribution in [0.15, 0.2) is 89.8 Å². The van der Waals surface area contributed by atoms with Gasteiger partial charge >= 0.3 is 0 Å². The average Bonchev–Trinajstić information content (AvgIpc) is 2.96. The summed E-state index contributed by atoms with van der Waals surface area (Å²) < 4.78 is 28.4. The van der Waals surface area contributed by atoms with Crippen LogP contribution >= 0.6 is 0 Å². The molecule has 0 aliphatic carbocycles. The molecule has 0 heterocycles. The summed E-state index contributed by atoms with van der Waals surface area (Å²) in [7, 11) is -4.24. The van der Waals surface area contributed by atoms with Gasteiger partial charge < -0.3 is 10.2 Å². The third kappa shape index (κ3) is 7.66. The van der Waals surface area contributed by atoms with Gasteiger partial charge in [-0.3, -0.25) is 24.0 Å². The number of nitro groups is 1. The second-order valence-corrected chi connectivity index (χ2v) is 11.3. The highest BCUT2D eigenvalue weighted by atomic mass is 32.2. The summed E-state index contributed by atoms with van der Waals surface area (Å²) in [5, 5.41) is 14.1. The molecular formula is C29H34N4O6S. The van der Waals surface area contributed by atoms with Crippen molar-refractivity contribution in [2.75, 3.05) is 17.4 Å². The van der Waals surface area contributed by atoms with Crippen molar-refractivity contribution in [2.45, 2.75) is 50.6 Å². The second kappa shape index (κ2) is 13.7. The first-order chi connectivity index (χ1) is 19.0. The molecule has 0 aromatic heterocycles. The lowest BCUT2D eigenvalue weighted by molar-refractivity contribution is -0.384. The van der Waals surface area contributed by atoms with Crippen molar-refractivity contribution >= 4 is 33.2 Å². The second-order valence-electron chi connectivity index (χ2n) is 9.41. The fraction of sp³-hybridized carbons (Fsp3) is 0.310. The summed E-state index contributed by atoms with van der Waals surface area (Å²) in [6.07, 6.45) is 1.16. The van der Waals surface area contributed by atoms with Gasteiger partial charge in [0.2, 0.25) is 11.8 Å². The highest BCUT2D eigenvalue weighted by molar-refractivity contribution is 7.92. The molecule has 1 N–H and O–H groups in total. The van der Waals surface area contributed by atoms with Gasteiger partial charge in [-0.2, -0.15) is 0 Å². The maximum absolute atomic E-state index is 13.8. The van der Waals surface area contributed by atoms with Gasteiger partial charge in [-0.05, 0) is 56.5 Å². The minimum absolute atomic E-state index is 0.0421. The lowest BCUT2D eigenvalue weighted by Crippen LogP contribution is -2.53. The van der Waals surface area contributed by atoms with E-state index in [1.165, 1.54) is 41.3 Å². The van der Waals surface area contributed by atoms with Gasteiger partial charge in [-0.25, -0.2) is 8.42 Å². The summed E-state index contributed by atoms with van der Waals surface area (Å²) in [6.45, 7) is 4.98. The molecule has 3 aromatic rings. The molecule has 2 atom stereocenters. The standard InChI is InChI=1S/C29H34N4O6S/c1-4-22(2)30-29(35)23(3)31(20-19-24-11-7-5-8-12-24)28(34)21-32(25-15-17-26(18-16-25)33(36)37)40(38,39)27-13-9-6-10-14-27/h5-18,22-23H,4,19-21H2,1-3H3,(H,30,35)/t22-,23+/m0/s1. The smallest absolute Gasteiger partial charge is 0.269 e. The third-order valence-corrected chi connectivity index (χ3v) is 8.40. The topological polar surface area (TPSA) is 130 Å². The highest BCUT2D eigenvalue weighted by Crippen LogP contribution is 2.26. The summed E-state index contributed by atoms with van der Waals surface area (Å²) in [5.41, 5.74) is 0.827. The van der Waals surface area contributed by atoms with Crippen molar-refractivity contribution in [3.05, 3.63) is 101 Å². The molecule has 0 spiro atoms. The van der Waals surface area contributed by atoms with Crippen molar-refractivity contribution in [2.24, 2.45) is 0 Å². The molecule has 40 heavy (non-hydrogen) atoms. The molecule has 11 heteroatoms. The molecule has 0 unspecified atom stereocenters. The number of non-ortho nitro benzene ring substituents is 1. The largest absolute Gasteiger partial charge is 0.352 e. The van der Waals surface area contributed by atoms with Crippen molar-refractivity contribution in [3.8, 4) is 0 Å². The Morgan fingerprint density at radius 2 is 1.50 bits per heavy atom. The number of rotatable bonds is 13. The van der Waals surface area contributed by atoms with E-state index in [1.54, 1.807) is 25.1 Å². The molecular weight excluding hydrogens is 532 g/mol. The first-order valence-corrected chi connectivity index (χ1v) is 14.4. The maximum Gasteiger partial charge on any atom is 0.269 e. The normalized spacial score (nSPS) is 12.7. The van der Waals surface area contributed by atoms with Crippen LogP contribution < -0.4 is 9.62 Å². The molecule has 0 radical (unpaired) electrons. The van der Waals surface area contributed by atoms with E-state index in [4.69, 9.17) is 0 Å².